The second-order valence-corrected chi connectivity index (χ2v) is 9.79. The molecule has 0 saturated carbocycles. The lowest BCUT2D eigenvalue weighted by molar-refractivity contribution is -0.385. The van der Waals surface area contributed by atoms with Crippen molar-refractivity contribution >= 4 is 50.3 Å². The van der Waals surface area contributed by atoms with Crippen LogP contribution in [0.1, 0.15) is 48.7 Å². The van der Waals surface area contributed by atoms with E-state index in [4.69, 9.17) is 16.3 Å². The van der Waals surface area contributed by atoms with E-state index in [9.17, 15) is 20.2 Å². The third kappa shape index (κ3) is 5.59. The number of nitro benzene ring substituents is 1. The van der Waals surface area contributed by atoms with E-state index in [1.165, 1.54) is 23.0 Å². The van der Waals surface area contributed by atoms with E-state index in [0.29, 0.717) is 33.4 Å². The van der Waals surface area contributed by atoms with Crippen LogP contribution in [-0.4, -0.2) is 20.8 Å². The Balaban J connectivity index is 1.74. The fourth-order valence-corrected chi connectivity index (χ4v) is 4.40. The van der Waals surface area contributed by atoms with Crippen molar-refractivity contribution in [1.29, 1.82) is 5.26 Å². The molecule has 1 atom stereocenters. The smallest absolute Gasteiger partial charge is 0.313 e. The molecule has 192 valence electrons. The number of nitriles is 1. The summed E-state index contributed by atoms with van der Waals surface area (Å²) in [6.07, 6.45) is 2.05. The molecule has 1 aromatic heterocycles. The van der Waals surface area contributed by atoms with Gasteiger partial charge in [0.1, 0.15) is 12.4 Å². The van der Waals surface area contributed by atoms with Crippen molar-refractivity contribution in [3.8, 4) is 11.8 Å². The molecule has 9 nitrogen and oxygen atoms in total. The maximum atomic E-state index is 13.3. The minimum Gasteiger partial charge on any atom is -0.481 e. The molecule has 0 spiro atoms. The predicted octanol–water partition coefficient (Wildman–Crippen LogP) is 6.57. The lowest BCUT2D eigenvalue weighted by Crippen LogP contribution is -2.23. The van der Waals surface area contributed by atoms with E-state index in [1.54, 1.807) is 36.4 Å². The van der Waals surface area contributed by atoms with Gasteiger partial charge in [-0.3, -0.25) is 14.9 Å². The molecule has 0 aliphatic rings. The molecule has 0 radical (unpaired) electrons. The first kappa shape index (κ1) is 27.0. The minimum absolute atomic E-state index is 0.00912. The van der Waals surface area contributed by atoms with Crippen molar-refractivity contribution in [2.24, 2.45) is 5.10 Å². The van der Waals surface area contributed by atoms with E-state index in [2.05, 4.69) is 32.1 Å². The number of hydrogen-bond acceptors (Lipinski definition) is 7. The summed E-state index contributed by atoms with van der Waals surface area (Å²) in [5.41, 5.74) is 1.08. The molecule has 0 fully saturated rings. The van der Waals surface area contributed by atoms with Crippen LogP contribution in [0.2, 0.25) is 5.02 Å². The molecule has 4 rings (SSSR count). The van der Waals surface area contributed by atoms with Gasteiger partial charge in [-0.05, 0) is 36.8 Å². The molecule has 0 aliphatic carbocycles. The summed E-state index contributed by atoms with van der Waals surface area (Å²) in [6.45, 7) is 3.84. The van der Waals surface area contributed by atoms with Crippen molar-refractivity contribution in [3.63, 3.8) is 0 Å². The normalized spacial score (nSPS) is 12.0. The third-order valence-electron chi connectivity index (χ3n) is 5.96. The fraction of sp³-hybridized carbons (Fsp3) is 0.185. The van der Waals surface area contributed by atoms with Crippen molar-refractivity contribution < 1.29 is 9.66 Å². The molecule has 1 heterocycles. The van der Waals surface area contributed by atoms with Crippen LogP contribution in [-0.2, 0) is 6.61 Å². The molecule has 0 aliphatic heterocycles. The highest BCUT2D eigenvalue weighted by atomic mass is 79.9. The lowest BCUT2D eigenvalue weighted by atomic mass is 10.1. The predicted molar refractivity (Wildman–Crippen MR) is 149 cm³/mol. The average molecular weight is 595 g/mol. The van der Waals surface area contributed by atoms with Crippen LogP contribution >= 0.6 is 27.5 Å². The summed E-state index contributed by atoms with van der Waals surface area (Å²) in [5.74, 6) is 0.273. The van der Waals surface area contributed by atoms with Gasteiger partial charge in [0.05, 0.1) is 38.7 Å². The van der Waals surface area contributed by atoms with Gasteiger partial charge in [-0.25, -0.2) is 4.98 Å². The van der Waals surface area contributed by atoms with Gasteiger partial charge in [0.25, 0.3) is 5.56 Å². The van der Waals surface area contributed by atoms with Crippen molar-refractivity contribution in [2.75, 3.05) is 0 Å². The second-order valence-electron chi connectivity index (χ2n) is 8.47. The topological polar surface area (TPSA) is 123 Å². The molecule has 3 aromatic carbocycles. The molecule has 11 heteroatoms. The number of benzene rings is 3. The van der Waals surface area contributed by atoms with Crippen LogP contribution in [0.25, 0.3) is 10.9 Å². The summed E-state index contributed by atoms with van der Waals surface area (Å²) in [5, 5.41) is 25.9. The molecule has 4 aromatic rings. The quantitative estimate of drug-likeness (QED) is 0.129. The molecule has 0 unspecified atom stereocenters. The van der Waals surface area contributed by atoms with E-state index in [-0.39, 0.29) is 34.5 Å². The first-order chi connectivity index (χ1) is 18.2. The number of aromatic nitrogens is 2. The zero-order chi connectivity index (χ0) is 27.4. The van der Waals surface area contributed by atoms with E-state index >= 15 is 0 Å². The first-order valence-corrected chi connectivity index (χ1v) is 12.8. The van der Waals surface area contributed by atoms with Crippen molar-refractivity contribution in [1.82, 2.24) is 9.66 Å². The Bertz CT molecular complexity index is 1680. The zero-order valence-electron chi connectivity index (χ0n) is 20.4. The first-order valence-electron chi connectivity index (χ1n) is 11.6. The molecule has 0 bridgehead atoms. The van der Waals surface area contributed by atoms with Crippen LogP contribution in [0.4, 0.5) is 5.69 Å². The van der Waals surface area contributed by atoms with Crippen molar-refractivity contribution in [3.05, 3.63) is 107 Å². The summed E-state index contributed by atoms with van der Waals surface area (Å²) >= 11 is 9.77. The second kappa shape index (κ2) is 11.5. The Hall–Kier alpha value is -4.07. The number of ether oxygens (including phenoxy) is 1. The van der Waals surface area contributed by atoms with Crippen LogP contribution in [0, 0.1) is 21.4 Å². The number of fused-ring (bicyclic) bond motifs is 1. The summed E-state index contributed by atoms with van der Waals surface area (Å²) < 4.78 is 7.62. The number of nitrogens with zero attached hydrogens (tertiary/aromatic N) is 5. The van der Waals surface area contributed by atoms with Crippen LogP contribution in [0.5, 0.6) is 5.75 Å². The minimum atomic E-state index is -0.611. The lowest BCUT2D eigenvalue weighted by Gasteiger charge is -2.14. The maximum absolute atomic E-state index is 13.3. The number of hydrogen-bond donors (Lipinski definition) is 0. The Morgan fingerprint density at radius 3 is 2.76 bits per heavy atom. The van der Waals surface area contributed by atoms with Gasteiger partial charge in [0, 0.05) is 27.6 Å². The van der Waals surface area contributed by atoms with Crippen LogP contribution in [0.3, 0.4) is 0 Å². The standard InChI is InChI=1S/C27H21BrClN5O4/c1-3-16(2)26-32-23-9-8-20(28)12-21(23)27(35)33(26)31-14-17-10-22(29)25(24(11-17)34(36)37)38-15-19-7-5-4-6-18(19)13-30/h4-12,14,16H,3,15H2,1-2H3/t16-/m1/s1. The van der Waals surface area contributed by atoms with E-state index in [0.717, 1.165) is 10.9 Å². The van der Waals surface area contributed by atoms with Gasteiger partial charge in [0.2, 0.25) is 5.75 Å². The van der Waals surface area contributed by atoms with Gasteiger partial charge in [0.15, 0.2) is 0 Å². The van der Waals surface area contributed by atoms with Gasteiger partial charge < -0.3 is 4.74 Å². The maximum Gasteiger partial charge on any atom is 0.313 e. The number of rotatable bonds is 8. The van der Waals surface area contributed by atoms with Gasteiger partial charge in [-0.15, -0.1) is 0 Å². The Morgan fingerprint density at radius 2 is 2.05 bits per heavy atom. The SMILES string of the molecule is CC[C@@H](C)c1nc2ccc(Br)cc2c(=O)n1N=Cc1cc(Cl)c(OCc2ccccc2C#N)c([N+](=O)[O-])c1. The largest absolute Gasteiger partial charge is 0.481 e. The molecule has 38 heavy (non-hydrogen) atoms. The highest BCUT2D eigenvalue weighted by Gasteiger charge is 2.21. The average Bonchev–Trinajstić information content (AvgIpc) is 2.91. The summed E-state index contributed by atoms with van der Waals surface area (Å²) in [7, 11) is 0. The summed E-state index contributed by atoms with van der Waals surface area (Å²) in [4.78, 5) is 29.2. The number of nitro groups is 1. The molecule has 0 saturated heterocycles. The Labute approximate surface area is 231 Å². The van der Waals surface area contributed by atoms with Crippen molar-refractivity contribution in [2.45, 2.75) is 32.8 Å². The number of halogens is 2. The highest BCUT2D eigenvalue weighted by Crippen LogP contribution is 2.36. The fourth-order valence-electron chi connectivity index (χ4n) is 3.76. The molecule has 0 N–H and O–H groups in total. The molecular weight excluding hydrogens is 574 g/mol. The van der Waals surface area contributed by atoms with Crippen LogP contribution < -0.4 is 10.3 Å². The van der Waals surface area contributed by atoms with E-state index in [1.807, 2.05) is 19.9 Å². The molecular formula is C27H21BrClN5O4. The third-order valence-corrected chi connectivity index (χ3v) is 6.74. The molecule has 0 amide bonds. The van der Waals surface area contributed by atoms with Gasteiger partial charge >= 0.3 is 5.69 Å². The van der Waals surface area contributed by atoms with Gasteiger partial charge in [-0.1, -0.05) is 59.6 Å². The summed E-state index contributed by atoms with van der Waals surface area (Å²) in [6, 6.07) is 16.8. The zero-order valence-corrected chi connectivity index (χ0v) is 22.7. The van der Waals surface area contributed by atoms with Crippen LogP contribution in [0.15, 0.2) is 69.0 Å². The Morgan fingerprint density at radius 1 is 1.29 bits per heavy atom. The van der Waals surface area contributed by atoms with E-state index < -0.39 is 4.92 Å². The van der Waals surface area contributed by atoms with Gasteiger partial charge in [-0.2, -0.15) is 15.0 Å². The Kier molecular flexibility index (Phi) is 8.20. The monoisotopic (exact) mass is 593 g/mol. The highest BCUT2D eigenvalue weighted by molar-refractivity contribution is 9.10.